The first-order chi connectivity index (χ1) is 9.16. The van der Waals surface area contributed by atoms with Crippen LogP contribution in [0.1, 0.15) is 29.0 Å². The molecular formula is C15H16ClN3. The molecule has 2 unspecified atom stereocenters. The molecule has 0 aliphatic heterocycles. The lowest BCUT2D eigenvalue weighted by Crippen LogP contribution is -2.09. The third kappa shape index (κ3) is 2.43. The molecule has 3 nitrogen and oxygen atoms in total. The van der Waals surface area contributed by atoms with Gasteiger partial charge in [-0.25, -0.2) is 0 Å². The summed E-state index contributed by atoms with van der Waals surface area (Å²) < 4.78 is 0. The molecule has 0 saturated heterocycles. The van der Waals surface area contributed by atoms with Gasteiger partial charge >= 0.3 is 0 Å². The van der Waals surface area contributed by atoms with Crippen LogP contribution in [0.2, 0.25) is 5.15 Å². The van der Waals surface area contributed by atoms with Crippen LogP contribution in [0.15, 0.2) is 30.3 Å². The van der Waals surface area contributed by atoms with Gasteiger partial charge in [0.15, 0.2) is 11.0 Å². The number of hydrogen-bond acceptors (Lipinski definition) is 3. The number of rotatable bonds is 3. The summed E-state index contributed by atoms with van der Waals surface area (Å²) in [4.78, 5) is 0. The Labute approximate surface area is 118 Å². The molecule has 1 aliphatic carbocycles. The van der Waals surface area contributed by atoms with Crippen molar-refractivity contribution < 1.29 is 0 Å². The lowest BCUT2D eigenvalue weighted by atomic mass is 10.1. The summed E-state index contributed by atoms with van der Waals surface area (Å²) in [6.07, 6.45) is 1.15. The van der Waals surface area contributed by atoms with E-state index in [2.05, 4.69) is 39.8 Å². The molecule has 0 spiro atoms. The highest BCUT2D eigenvalue weighted by molar-refractivity contribution is 6.30. The van der Waals surface area contributed by atoms with E-state index in [4.69, 9.17) is 11.6 Å². The third-order valence-corrected chi connectivity index (χ3v) is 4.16. The zero-order chi connectivity index (χ0) is 13.4. The number of anilines is 1. The maximum atomic E-state index is 5.96. The van der Waals surface area contributed by atoms with Gasteiger partial charge in [-0.1, -0.05) is 41.9 Å². The molecule has 98 valence electrons. The summed E-state index contributed by atoms with van der Waals surface area (Å²) in [7, 11) is 0. The molecule has 1 saturated carbocycles. The number of benzene rings is 1. The summed E-state index contributed by atoms with van der Waals surface area (Å²) in [5, 5.41) is 12.1. The molecule has 0 bridgehead atoms. The zero-order valence-electron chi connectivity index (χ0n) is 11.0. The van der Waals surface area contributed by atoms with Gasteiger partial charge in [0, 0.05) is 12.0 Å². The van der Waals surface area contributed by atoms with Crippen LogP contribution in [0, 0.1) is 13.8 Å². The molecular weight excluding hydrogens is 258 g/mol. The largest absolute Gasteiger partial charge is 0.365 e. The highest BCUT2D eigenvalue weighted by Crippen LogP contribution is 2.42. The Morgan fingerprint density at radius 1 is 1.11 bits per heavy atom. The molecule has 1 aromatic carbocycles. The number of nitrogens with zero attached hydrogens (tertiary/aromatic N) is 2. The van der Waals surface area contributed by atoms with E-state index in [1.54, 1.807) is 0 Å². The SMILES string of the molecule is Cc1c(Cl)nnc(NC2CC2c2ccccc2)c1C. The Hall–Kier alpha value is -1.61. The van der Waals surface area contributed by atoms with Crippen molar-refractivity contribution in [2.75, 3.05) is 5.32 Å². The normalized spacial score (nSPS) is 21.2. The molecule has 2 aromatic rings. The predicted molar refractivity (Wildman–Crippen MR) is 77.7 cm³/mol. The summed E-state index contributed by atoms with van der Waals surface area (Å²) >= 11 is 5.96. The summed E-state index contributed by atoms with van der Waals surface area (Å²) in [5.74, 6) is 1.43. The average molecular weight is 274 g/mol. The Morgan fingerprint density at radius 3 is 2.58 bits per heavy atom. The van der Waals surface area contributed by atoms with Crippen LogP contribution in [0.25, 0.3) is 0 Å². The maximum absolute atomic E-state index is 5.96. The van der Waals surface area contributed by atoms with Gasteiger partial charge in [-0.3, -0.25) is 0 Å². The minimum absolute atomic E-state index is 0.455. The maximum Gasteiger partial charge on any atom is 0.155 e. The monoisotopic (exact) mass is 273 g/mol. The number of hydrogen-bond donors (Lipinski definition) is 1. The molecule has 0 amide bonds. The van der Waals surface area contributed by atoms with Crippen molar-refractivity contribution in [1.82, 2.24) is 10.2 Å². The van der Waals surface area contributed by atoms with E-state index in [-0.39, 0.29) is 0 Å². The summed E-state index contributed by atoms with van der Waals surface area (Å²) in [6.45, 7) is 4.00. The second-order valence-corrected chi connectivity index (χ2v) is 5.45. The topological polar surface area (TPSA) is 37.8 Å². The van der Waals surface area contributed by atoms with Gasteiger partial charge in [0.1, 0.15) is 0 Å². The Balaban J connectivity index is 1.73. The van der Waals surface area contributed by atoms with E-state index in [0.717, 1.165) is 23.4 Å². The van der Waals surface area contributed by atoms with E-state index in [0.29, 0.717) is 17.1 Å². The van der Waals surface area contributed by atoms with Gasteiger partial charge in [0.25, 0.3) is 0 Å². The fourth-order valence-corrected chi connectivity index (χ4v) is 2.49. The minimum Gasteiger partial charge on any atom is -0.365 e. The lowest BCUT2D eigenvalue weighted by Gasteiger charge is -2.10. The van der Waals surface area contributed by atoms with Crippen molar-refractivity contribution in [3.63, 3.8) is 0 Å². The quantitative estimate of drug-likeness (QED) is 0.926. The second kappa shape index (κ2) is 4.82. The standard InChI is InChI=1S/C15H16ClN3/c1-9-10(2)15(19-18-14(9)16)17-13-8-12(13)11-6-4-3-5-7-11/h3-7,12-13H,8H2,1-2H3,(H,17,19). The first-order valence-corrected chi connectivity index (χ1v) is 6.85. The van der Waals surface area contributed by atoms with E-state index in [9.17, 15) is 0 Å². The first kappa shape index (κ1) is 12.4. The number of aromatic nitrogens is 2. The molecule has 4 heteroatoms. The number of nitrogens with one attached hydrogen (secondary N) is 1. The molecule has 1 N–H and O–H groups in total. The van der Waals surface area contributed by atoms with Crippen molar-refractivity contribution in [2.24, 2.45) is 0 Å². The third-order valence-electron chi connectivity index (χ3n) is 3.81. The molecule has 1 fully saturated rings. The molecule has 0 radical (unpaired) electrons. The Kier molecular flexibility index (Phi) is 3.15. The van der Waals surface area contributed by atoms with Crippen LogP contribution in [0.3, 0.4) is 0 Å². The predicted octanol–water partition coefficient (Wildman–Crippen LogP) is 3.71. The highest BCUT2D eigenvalue weighted by atomic mass is 35.5. The second-order valence-electron chi connectivity index (χ2n) is 5.09. The Bertz CT molecular complexity index is 598. The highest BCUT2D eigenvalue weighted by Gasteiger charge is 2.38. The fourth-order valence-electron chi connectivity index (χ4n) is 2.31. The van der Waals surface area contributed by atoms with Gasteiger partial charge in [0.05, 0.1) is 0 Å². The lowest BCUT2D eigenvalue weighted by molar-refractivity contribution is 0.955. The molecule has 1 aromatic heterocycles. The summed E-state index contributed by atoms with van der Waals surface area (Å²) in [5.41, 5.74) is 3.46. The smallest absolute Gasteiger partial charge is 0.155 e. The van der Waals surface area contributed by atoms with Gasteiger partial charge in [-0.15, -0.1) is 10.2 Å². The van der Waals surface area contributed by atoms with Crippen molar-refractivity contribution >= 4 is 17.4 Å². The molecule has 3 rings (SSSR count). The number of halogens is 1. The Morgan fingerprint density at radius 2 is 1.84 bits per heavy atom. The van der Waals surface area contributed by atoms with Gasteiger partial charge < -0.3 is 5.32 Å². The van der Waals surface area contributed by atoms with Crippen LogP contribution in [0.5, 0.6) is 0 Å². The van der Waals surface area contributed by atoms with E-state index >= 15 is 0 Å². The van der Waals surface area contributed by atoms with Crippen molar-refractivity contribution in [3.8, 4) is 0 Å². The van der Waals surface area contributed by atoms with Crippen LogP contribution in [0.4, 0.5) is 5.82 Å². The van der Waals surface area contributed by atoms with Crippen molar-refractivity contribution in [2.45, 2.75) is 32.2 Å². The van der Waals surface area contributed by atoms with Crippen molar-refractivity contribution in [3.05, 3.63) is 52.2 Å². The molecule has 1 heterocycles. The van der Waals surface area contributed by atoms with Crippen LogP contribution in [-0.4, -0.2) is 16.2 Å². The van der Waals surface area contributed by atoms with Crippen LogP contribution < -0.4 is 5.32 Å². The van der Waals surface area contributed by atoms with Crippen molar-refractivity contribution in [1.29, 1.82) is 0 Å². The van der Waals surface area contributed by atoms with Crippen LogP contribution >= 0.6 is 11.6 Å². The summed E-state index contributed by atoms with van der Waals surface area (Å²) in [6, 6.07) is 11.0. The zero-order valence-corrected chi connectivity index (χ0v) is 11.8. The molecule has 19 heavy (non-hydrogen) atoms. The van der Waals surface area contributed by atoms with E-state index in [1.165, 1.54) is 5.56 Å². The van der Waals surface area contributed by atoms with Gasteiger partial charge in [0.2, 0.25) is 0 Å². The van der Waals surface area contributed by atoms with Gasteiger partial charge in [-0.2, -0.15) is 0 Å². The minimum atomic E-state index is 0.455. The molecule has 1 aliphatic rings. The van der Waals surface area contributed by atoms with E-state index < -0.39 is 0 Å². The van der Waals surface area contributed by atoms with Gasteiger partial charge in [-0.05, 0) is 37.0 Å². The average Bonchev–Trinajstić information content (AvgIpc) is 3.20. The first-order valence-electron chi connectivity index (χ1n) is 6.47. The fraction of sp³-hybridized carbons (Fsp3) is 0.333. The van der Waals surface area contributed by atoms with E-state index in [1.807, 2.05) is 19.9 Å². The molecule has 2 atom stereocenters. The van der Waals surface area contributed by atoms with Crippen LogP contribution in [-0.2, 0) is 0 Å².